The highest BCUT2D eigenvalue weighted by molar-refractivity contribution is 5.99. The predicted molar refractivity (Wildman–Crippen MR) is 74.4 cm³/mol. The zero-order valence-corrected chi connectivity index (χ0v) is 10.6. The second-order valence-corrected chi connectivity index (χ2v) is 4.57. The highest BCUT2D eigenvalue weighted by Gasteiger charge is 2.23. The first-order chi connectivity index (χ1) is 9.29. The molecule has 0 aliphatic heterocycles. The van der Waals surface area contributed by atoms with Gasteiger partial charge in [-0.3, -0.25) is 4.79 Å². The van der Waals surface area contributed by atoms with Gasteiger partial charge in [0.2, 0.25) is 5.91 Å². The number of carbonyl (C=O) groups is 1. The van der Waals surface area contributed by atoms with E-state index in [2.05, 4.69) is 17.0 Å². The van der Waals surface area contributed by atoms with Crippen molar-refractivity contribution in [1.29, 1.82) is 0 Å². The van der Waals surface area contributed by atoms with E-state index in [1.54, 1.807) is 0 Å². The number of benzene rings is 1. The summed E-state index contributed by atoms with van der Waals surface area (Å²) in [5, 5.41) is 7.50. The third-order valence-corrected chi connectivity index (χ3v) is 3.33. The standard InChI is InChI=1S/C15H15N3O/c1-2-14(19)16-15-12-9-6-10-13(12)17-18(15)11-7-4-3-5-8-11/h2-5,7-8H,1,6,9-10H2,(H,16,19). The minimum absolute atomic E-state index is 0.202. The van der Waals surface area contributed by atoms with Crippen LogP contribution >= 0.6 is 0 Å². The van der Waals surface area contributed by atoms with Gasteiger partial charge in [0.1, 0.15) is 5.82 Å². The molecule has 4 heteroatoms. The van der Waals surface area contributed by atoms with Gasteiger partial charge >= 0.3 is 0 Å². The fourth-order valence-electron chi connectivity index (χ4n) is 2.44. The molecule has 1 aliphatic carbocycles. The van der Waals surface area contributed by atoms with Crippen LogP contribution in [0.4, 0.5) is 5.82 Å². The Kier molecular flexibility index (Phi) is 2.91. The van der Waals surface area contributed by atoms with Crippen LogP contribution in [0.15, 0.2) is 43.0 Å². The number of para-hydroxylation sites is 1. The Labute approximate surface area is 111 Å². The molecule has 96 valence electrons. The van der Waals surface area contributed by atoms with Crippen molar-refractivity contribution in [3.8, 4) is 5.69 Å². The van der Waals surface area contributed by atoms with Gasteiger partial charge in [-0.2, -0.15) is 5.10 Å². The first-order valence-electron chi connectivity index (χ1n) is 6.39. The molecule has 2 aromatic rings. The number of nitrogens with one attached hydrogen (secondary N) is 1. The molecular weight excluding hydrogens is 238 g/mol. The molecule has 1 heterocycles. The number of hydrogen-bond donors (Lipinski definition) is 1. The van der Waals surface area contributed by atoms with Crippen LogP contribution in [0.5, 0.6) is 0 Å². The number of fused-ring (bicyclic) bond motifs is 1. The molecule has 1 aliphatic rings. The molecular formula is C15H15N3O. The maximum Gasteiger partial charge on any atom is 0.248 e. The number of rotatable bonds is 3. The third-order valence-electron chi connectivity index (χ3n) is 3.33. The molecule has 19 heavy (non-hydrogen) atoms. The summed E-state index contributed by atoms with van der Waals surface area (Å²) in [5.41, 5.74) is 3.19. The van der Waals surface area contributed by atoms with Gasteiger partial charge in [-0.1, -0.05) is 24.8 Å². The van der Waals surface area contributed by atoms with E-state index in [0.717, 1.165) is 42.0 Å². The first-order valence-corrected chi connectivity index (χ1v) is 6.39. The van der Waals surface area contributed by atoms with Crippen molar-refractivity contribution in [3.63, 3.8) is 0 Å². The lowest BCUT2D eigenvalue weighted by atomic mass is 10.2. The topological polar surface area (TPSA) is 46.9 Å². The number of carbonyl (C=O) groups excluding carboxylic acids is 1. The van der Waals surface area contributed by atoms with Gasteiger partial charge in [0.15, 0.2) is 0 Å². The Hall–Kier alpha value is -2.36. The predicted octanol–water partition coefficient (Wildman–Crippen LogP) is 2.49. The van der Waals surface area contributed by atoms with Gasteiger partial charge in [0, 0.05) is 5.56 Å². The van der Waals surface area contributed by atoms with Crippen molar-refractivity contribution in [3.05, 3.63) is 54.2 Å². The molecule has 1 N–H and O–H groups in total. The van der Waals surface area contributed by atoms with Crippen LogP contribution in [0.1, 0.15) is 17.7 Å². The highest BCUT2D eigenvalue weighted by Crippen LogP contribution is 2.30. The van der Waals surface area contributed by atoms with E-state index >= 15 is 0 Å². The average Bonchev–Trinajstić information content (AvgIpc) is 3.02. The molecule has 0 spiro atoms. The fourth-order valence-corrected chi connectivity index (χ4v) is 2.44. The second-order valence-electron chi connectivity index (χ2n) is 4.57. The maximum atomic E-state index is 11.6. The zero-order chi connectivity index (χ0) is 13.2. The van der Waals surface area contributed by atoms with Crippen molar-refractivity contribution in [1.82, 2.24) is 9.78 Å². The van der Waals surface area contributed by atoms with E-state index in [1.807, 2.05) is 35.0 Å². The summed E-state index contributed by atoms with van der Waals surface area (Å²) in [6.45, 7) is 3.50. The van der Waals surface area contributed by atoms with Crippen molar-refractivity contribution in [2.75, 3.05) is 5.32 Å². The third kappa shape index (κ3) is 2.05. The molecule has 0 fully saturated rings. The number of aryl methyl sites for hydroxylation is 1. The minimum atomic E-state index is -0.202. The normalized spacial score (nSPS) is 13.1. The number of hydrogen-bond acceptors (Lipinski definition) is 2. The molecule has 3 rings (SSSR count). The van der Waals surface area contributed by atoms with Gasteiger partial charge in [-0.25, -0.2) is 4.68 Å². The number of anilines is 1. The lowest BCUT2D eigenvalue weighted by molar-refractivity contribution is -0.111. The number of aromatic nitrogens is 2. The Morgan fingerprint density at radius 1 is 1.32 bits per heavy atom. The first kappa shape index (κ1) is 11.7. The molecule has 1 aromatic carbocycles. The summed E-state index contributed by atoms with van der Waals surface area (Å²) in [6, 6.07) is 9.84. The van der Waals surface area contributed by atoms with Gasteiger partial charge in [-0.05, 0) is 37.5 Å². The van der Waals surface area contributed by atoms with E-state index in [4.69, 9.17) is 0 Å². The molecule has 0 saturated heterocycles. The SMILES string of the molecule is C=CC(=O)Nc1c2c(nn1-c1ccccc1)CCC2. The van der Waals surface area contributed by atoms with Crippen LogP contribution in [0.2, 0.25) is 0 Å². The number of amides is 1. The summed E-state index contributed by atoms with van der Waals surface area (Å²) < 4.78 is 1.81. The van der Waals surface area contributed by atoms with Crippen LogP contribution in [0, 0.1) is 0 Å². The van der Waals surface area contributed by atoms with Crippen molar-refractivity contribution in [2.24, 2.45) is 0 Å². The highest BCUT2D eigenvalue weighted by atomic mass is 16.1. The van der Waals surface area contributed by atoms with Crippen molar-refractivity contribution >= 4 is 11.7 Å². The van der Waals surface area contributed by atoms with E-state index in [-0.39, 0.29) is 5.91 Å². The quantitative estimate of drug-likeness (QED) is 0.854. The summed E-state index contributed by atoms with van der Waals surface area (Å²) in [7, 11) is 0. The molecule has 4 nitrogen and oxygen atoms in total. The largest absolute Gasteiger partial charge is 0.307 e. The summed E-state index contributed by atoms with van der Waals surface area (Å²) in [6.07, 6.45) is 4.33. The van der Waals surface area contributed by atoms with Crippen LogP contribution < -0.4 is 5.32 Å². The molecule has 1 aromatic heterocycles. The van der Waals surface area contributed by atoms with Crippen molar-refractivity contribution < 1.29 is 4.79 Å². The minimum Gasteiger partial charge on any atom is -0.307 e. The van der Waals surface area contributed by atoms with Crippen LogP contribution in [-0.4, -0.2) is 15.7 Å². The summed E-state index contributed by atoms with van der Waals surface area (Å²) >= 11 is 0. The van der Waals surface area contributed by atoms with E-state index in [1.165, 1.54) is 6.08 Å². The Morgan fingerprint density at radius 3 is 2.84 bits per heavy atom. The second kappa shape index (κ2) is 4.72. The molecule has 1 amide bonds. The van der Waals surface area contributed by atoms with Gasteiger partial charge < -0.3 is 5.32 Å². The maximum absolute atomic E-state index is 11.6. The van der Waals surface area contributed by atoms with E-state index in [9.17, 15) is 4.79 Å². The fraction of sp³-hybridized carbons (Fsp3) is 0.200. The van der Waals surface area contributed by atoms with Gasteiger partial charge in [-0.15, -0.1) is 0 Å². The number of nitrogens with zero attached hydrogens (tertiary/aromatic N) is 2. The Balaban J connectivity index is 2.09. The Bertz CT molecular complexity index is 628. The lowest BCUT2D eigenvalue weighted by Gasteiger charge is -2.09. The van der Waals surface area contributed by atoms with E-state index < -0.39 is 0 Å². The Morgan fingerprint density at radius 2 is 2.11 bits per heavy atom. The van der Waals surface area contributed by atoms with Crippen LogP contribution in [0.3, 0.4) is 0 Å². The summed E-state index contributed by atoms with van der Waals surface area (Å²) in [4.78, 5) is 11.6. The molecule has 0 unspecified atom stereocenters. The zero-order valence-electron chi connectivity index (χ0n) is 10.6. The monoisotopic (exact) mass is 253 g/mol. The smallest absolute Gasteiger partial charge is 0.248 e. The summed E-state index contributed by atoms with van der Waals surface area (Å²) in [5.74, 6) is 0.579. The molecule has 0 bridgehead atoms. The van der Waals surface area contributed by atoms with Crippen molar-refractivity contribution in [2.45, 2.75) is 19.3 Å². The van der Waals surface area contributed by atoms with E-state index in [0.29, 0.717) is 0 Å². The van der Waals surface area contributed by atoms with Crippen LogP contribution in [-0.2, 0) is 17.6 Å². The van der Waals surface area contributed by atoms with Crippen LogP contribution in [0.25, 0.3) is 5.69 Å². The lowest BCUT2D eigenvalue weighted by Crippen LogP contribution is -2.13. The molecule has 0 atom stereocenters. The molecule has 0 saturated carbocycles. The van der Waals surface area contributed by atoms with Gasteiger partial charge in [0.05, 0.1) is 11.4 Å². The molecule has 0 radical (unpaired) electrons. The van der Waals surface area contributed by atoms with Gasteiger partial charge in [0.25, 0.3) is 0 Å². The average molecular weight is 253 g/mol.